The second kappa shape index (κ2) is 11.0. The maximum Gasteiger partial charge on any atom is 0.257 e. The molecular weight excluding hydrogens is 424 g/mol. The second-order valence-electron chi connectivity index (χ2n) is 8.95. The van der Waals surface area contributed by atoms with Crippen molar-refractivity contribution in [1.82, 2.24) is 9.80 Å². The smallest absolute Gasteiger partial charge is 0.257 e. The van der Waals surface area contributed by atoms with Gasteiger partial charge in [0.2, 0.25) is 0 Å². The van der Waals surface area contributed by atoms with E-state index in [2.05, 4.69) is 12.1 Å². The molecule has 2 amide bonds. The van der Waals surface area contributed by atoms with E-state index < -0.39 is 0 Å². The molecule has 0 spiro atoms. The molecule has 0 unspecified atom stereocenters. The summed E-state index contributed by atoms with van der Waals surface area (Å²) in [6.45, 7) is 3.56. The van der Waals surface area contributed by atoms with Crippen LogP contribution in [0.5, 0.6) is 5.75 Å². The summed E-state index contributed by atoms with van der Waals surface area (Å²) in [4.78, 5) is 30.4. The second-order valence-corrected chi connectivity index (χ2v) is 8.95. The van der Waals surface area contributed by atoms with Crippen molar-refractivity contribution in [3.8, 4) is 5.75 Å². The molecular formula is C29H32N2O3. The average Bonchev–Trinajstić information content (AvgIpc) is 2.86. The van der Waals surface area contributed by atoms with Crippen LogP contribution in [0.3, 0.4) is 0 Å². The largest absolute Gasteiger partial charge is 0.491 e. The predicted molar refractivity (Wildman–Crippen MR) is 134 cm³/mol. The van der Waals surface area contributed by atoms with Crippen LogP contribution in [0.1, 0.15) is 44.7 Å². The van der Waals surface area contributed by atoms with Crippen LogP contribution in [-0.2, 0) is 6.42 Å². The van der Waals surface area contributed by atoms with Gasteiger partial charge in [-0.15, -0.1) is 0 Å². The third-order valence-corrected chi connectivity index (χ3v) is 6.35. The Morgan fingerprint density at radius 1 is 0.912 bits per heavy atom. The molecule has 3 aromatic carbocycles. The van der Waals surface area contributed by atoms with Gasteiger partial charge in [-0.1, -0.05) is 60.2 Å². The van der Waals surface area contributed by atoms with Crippen LogP contribution < -0.4 is 4.74 Å². The van der Waals surface area contributed by atoms with Gasteiger partial charge in [0.1, 0.15) is 12.4 Å². The predicted octanol–water partition coefficient (Wildman–Crippen LogP) is 4.99. The van der Waals surface area contributed by atoms with E-state index in [-0.39, 0.29) is 17.9 Å². The number of hydrogen-bond donors (Lipinski definition) is 0. The Kier molecular flexibility index (Phi) is 7.63. The summed E-state index contributed by atoms with van der Waals surface area (Å²) in [7, 11) is 1.82. The van der Waals surface area contributed by atoms with E-state index in [4.69, 9.17) is 4.74 Å². The number of rotatable bonds is 3. The number of para-hydroxylation sites is 1. The van der Waals surface area contributed by atoms with Gasteiger partial charge < -0.3 is 14.5 Å². The standard InChI is InChI=1S/C29H32N2O3/c1-22-14-16-24(17-15-22)28(32)31-19-9-8-18-30(2)29(33)26-12-6-7-13-27(26)34-21-25(31)20-23-10-4-3-5-11-23/h3-7,10-17,25H,8-9,18-21H2,1-2H3/t25-/m1/s1. The number of fused-ring (bicyclic) bond motifs is 1. The van der Waals surface area contributed by atoms with E-state index >= 15 is 0 Å². The SMILES string of the molecule is Cc1ccc(C(=O)N2CCCCN(C)C(=O)c3ccccc3OC[C@H]2Cc2ccccc2)cc1. The summed E-state index contributed by atoms with van der Waals surface area (Å²) < 4.78 is 6.26. The van der Waals surface area contributed by atoms with Crippen molar-refractivity contribution >= 4 is 11.8 Å². The molecule has 0 radical (unpaired) electrons. The summed E-state index contributed by atoms with van der Waals surface area (Å²) in [5.74, 6) is 0.531. The summed E-state index contributed by atoms with van der Waals surface area (Å²) in [6, 6.07) is 25.1. The maximum atomic E-state index is 13.7. The van der Waals surface area contributed by atoms with Crippen molar-refractivity contribution in [2.45, 2.75) is 32.2 Å². The molecule has 4 rings (SSSR count). The molecule has 5 heteroatoms. The molecule has 0 saturated carbocycles. The van der Waals surface area contributed by atoms with E-state index in [1.807, 2.05) is 79.5 Å². The molecule has 1 aliphatic heterocycles. The lowest BCUT2D eigenvalue weighted by Gasteiger charge is -2.33. The van der Waals surface area contributed by atoms with Gasteiger partial charge in [0.15, 0.2) is 0 Å². The molecule has 1 heterocycles. The zero-order valence-electron chi connectivity index (χ0n) is 19.9. The summed E-state index contributed by atoms with van der Waals surface area (Å²) in [5.41, 5.74) is 3.51. The first-order valence-electron chi connectivity index (χ1n) is 11.9. The molecule has 176 valence electrons. The topological polar surface area (TPSA) is 49.9 Å². The Labute approximate surface area is 202 Å². The Balaban J connectivity index is 1.69. The van der Waals surface area contributed by atoms with E-state index in [1.165, 1.54) is 0 Å². The minimum atomic E-state index is -0.170. The van der Waals surface area contributed by atoms with Crippen LogP contribution in [0.15, 0.2) is 78.9 Å². The van der Waals surface area contributed by atoms with E-state index in [0.717, 1.165) is 24.0 Å². The van der Waals surface area contributed by atoms with Gasteiger partial charge in [0.05, 0.1) is 11.6 Å². The maximum absolute atomic E-state index is 13.7. The minimum Gasteiger partial charge on any atom is -0.491 e. The first-order valence-corrected chi connectivity index (χ1v) is 11.9. The number of ether oxygens (including phenoxy) is 1. The van der Waals surface area contributed by atoms with E-state index in [9.17, 15) is 9.59 Å². The highest BCUT2D eigenvalue weighted by Gasteiger charge is 2.27. The molecule has 0 bridgehead atoms. The number of aryl methyl sites for hydroxylation is 1. The molecule has 0 N–H and O–H groups in total. The van der Waals surface area contributed by atoms with Crippen molar-refractivity contribution < 1.29 is 14.3 Å². The van der Waals surface area contributed by atoms with E-state index in [0.29, 0.717) is 43.0 Å². The van der Waals surface area contributed by atoms with Gasteiger partial charge >= 0.3 is 0 Å². The Morgan fingerprint density at radius 3 is 2.35 bits per heavy atom. The Bertz CT molecular complexity index is 1110. The van der Waals surface area contributed by atoms with Crippen molar-refractivity contribution in [2.75, 3.05) is 26.7 Å². The molecule has 0 fully saturated rings. The third-order valence-electron chi connectivity index (χ3n) is 6.35. The monoisotopic (exact) mass is 456 g/mol. The fourth-order valence-corrected chi connectivity index (χ4v) is 4.35. The number of amides is 2. The van der Waals surface area contributed by atoms with E-state index in [1.54, 1.807) is 11.0 Å². The summed E-state index contributed by atoms with van der Waals surface area (Å²) in [5, 5.41) is 0. The highest BCUT2D eigenvalue weighted by molar-refractivity contribution is 5.97. The summed E-state index contributed by atoms with van der Waals surface area (Å²) >= 11 is 0. The first-order chi connectivity index (χ1) is 16.5. The first kappa shape index (κ1) is 23.6. The van der Waals surface area contributed by atoms with Gasteiger partial charge in [-0.25, -0.2) is 0 Å². The van der Waals surface area contributed by atoms with Crippen LogP contribution >= 0.6 is 0 Å². The molecule has 0 aromatic heterocycles. The quantitative estimate of drug-likeness (QED) is 0.558. The number of hydrogen-bond acceptors (Lipinski definition) is 3. The number of nitrogens with zero attached hydrogens (tertiary/aromatic N) is 2. The van der Waals surface area contributed by atoms with Crippen LogP contribution in [0, 0.1) is 6.92 Å². The van der Waals surface area contributed by atoms with Gasteiger partial charge in [0.25, 0.3) is 11.8 Å². The van der Waals surface area contributed by atoms with Crippen LogP contribution in [-0.4, -0.2) is 54.4 Å². The number of carbonyl (C=O) groups excluding carboxylic acids is 2. The van der Waals surface area contributed by atoms with Gasteiger partial charge in [-0.2, -0.15) is 0 Å². The van der Waals surface area contributed by atoms with Crippen LogP contribution in [0.2, 0.25) is 0 Å². The van der Waals surface area contributed by atoms with Crippen molar-refractivity contribution in [3.63, 3.8) is 0 Å². The van der Waals surface area contributed by atoms with Crippen molar-refractivity contribution in [3.05, 3.63) is 101 Å². The molecule has 1 atom stereocenters. The number of carbonyl (C=O) groups is 2. The number of benzene rings is 3. The molecule has 1 aliphatic rings. The molecule has 0 saturated heterocycles. The van der Waals surface area contributed by atoms with Crippen molar-refractivity contribution in [2.24, 2.45) is 0 Å². The molecule has 0 aliphatic carbocycles. The zero-order valence-corrected chi connectivity index (χ0v) is 19.9. The molecule has 5 nitrogen and oxygen atoms in total. The summed E-state index contributed by atoms with van der Waals surface area (Å²) in [6.07, 6.45) is 2.30. The molecule has 34 heavy (non-hydrogen) atoms. The average molecular weight is 457 g/mol. The lowest BCUT2D eigenvalue weighted by Crippen LogP contribution is -2.46. The fourth-order valence-electron chi connectivity index (χ4n) is 4.35. The van der Waals surface area contributed by atoms with Gasteiger partial charge in [-0.3, -0.25) is 9.59 Å². The Hall–Kier alpha value is -3.60. The van der Waals surface area contributed by atoms with Gasteiger partial charge in [0, 0.05) is 25.7 Å². The van der Waals surface area contributed by atoms with Crippen molar-refractivity contribution in [1.29, 1.82) is 0 Å². The lowest BCUT2D eigenvalue weighted by molar-refractivity contribution is 0.0590. The lowest BCUT2D eigenvalue weighted by atomic mass is 10.0. The normalized spacial score (nSPS) is 17.2. The minimum absolute atomic E-state index is 0.0132. The highest BCUT2D eigenvalue weighted by atomic mass is 16.5. The Morgan fingerprint density at radius 2 is 1.59 bits per heavy atom. The molecule has 3 aromatic rings. The fraction of sp³-hybridized carbons (Fsp3) is 0.310. The highest BCUT2D eigenvalue weighted by Crippen LogP contribution is 2.23. The van der Waals surface area contributed by atoms with Gasteiger partial charge in [-0.05, 0) is 56.0 Å². The zero-order chi connectivity index (χ0) is 23.9. The third kappa shape index (κ3) is 5.66. The van der Waals surface area contributed by atoms with Crippen LogP contribution in [0.4, 0.5) is 0 Å². The van der Waals surface area contributed by atoms with Crippen LogP contribution in [0.25, 0.3) is 0 Å².